The van der Waals surface area contributed by atoms with Crippen LogP contribution in [0.25, 0.3) is 10.8 Å². The zero-order chi connectivity index (χ0) is 28.1. The number of benzene rings is 3. The molecule has 11 heteroatoms. The number of sulfonamides is 1. The van der Waals surface area contributed by atoms with E-state index in [1.165, 1.54) is 28.0 Å². The van der Waals surface area contributed by atoms with Gasteiger partial charge in [0.2, 0.25) is 15.9 Å². The number of carbonyl (C=O) groups excluding carboxylic acids is 2. The lowest BCUT2D eigenvalue weighted by Gasteiger charge is -2.32. The van der Waals surface area contributed by atoms with Gasteiger partial charge in [-0.2, -0.15) is 4.72 Å². The average Bonchev–Trinajstić information content (AvgIpc) is 3.20. The number of carbonyl (C=O) groups is 2. The Labute approximate surface area is 231 Å². The Kier molecular flexibility index (Phi) is 7.07. The molecule has 0 unspecified atom stereocenters. The van der Waals surface area contributed by atoms with E-state index in [4.69, 9.17) is 16.3 Å². The lowest BCUT2D eigenvalue weighted by molar-refractivity contribution is -0.118. The second-order valence-corrected chi connectivity index (χ2v) is 13.0. The highest BCUT2D eigenvalue weighted by atomic mass is 35.5. The average molecular weight is 574 g/mol. The lowest BCUT2D eigenvalue weighted by atomic mass is 9.98. The predicted octanol–water partition coefficient (Wildman–Crippen LogP) is 5.01. The molecule has 206 valence electrons. The van der Waals surface area contributed by atoms with E-state index in [1.54, 1.807) is 51.1 Å². The van der Waals surface area contributed by atoms with Crippen molar-refractivity contribution in [3.8, 4) is 0 Å². The van der Waals surface area contributed by atoms with Crippen LogP contribution in [0.4, 0.5) is 14.9 Å². The van der Waals surface area contributed by atoms with Gasteiger partial charge in [-0.3, -0.25) is 4.79 Å². The molecule has 0 aromatic heterocycles. The van der Waals surface area contributed by atoms with Crippen LogP contribution >= 0.6 is 11.6 Å². The first-order chi connectivity index (χ1) is 18.3. The number of halogens is 2. The third-order valence-corrected chi connectivity index (χ3v) is 8.52. The number of amides is 2. The summed E-state index contributed by atoms with van der Waals surface area (Å²) in [7, 11) is -4.01. The Morgan fingerprint density at radius 3 is 2.51 bits per heavy atom. The van der Waals surface area contributed by atoms with Crippen molar-refractivity contribution < 1.29 is 27.1 Å². The van der Waals surface area contributed by atoms with Crippen LogP contribution in [0, 0.1) is 5.82 Å². The quantitative estimate of drug-likeness (QED) is 0.473. The summed E-state index contributed by atoms with van der Waals surface area (Å²) in [5.74, 6) is -1.12. The zero-order valence-corrected chi connectivity index (χ0v) is 23.4. The summed E-state index contributed by atoms with van der Waals surface area (Å²) < 4.78 is 49.3. The summed E-state index contributed by atoms with van der Waals surface area (Å²) in [4.78, 5) is 28.5. The summed E-state index contributed by atoms with van der Waals surface area (Å²) >= 11 is 6.01. The highest BCUT2D eigenvalue weighted by Gasteiger charge is 2.37. The molecule has 39 heavy (non-hydrogen) atoms. The minimum absolute atomic E-state index is 0.0260. The van der Waals surface area contributed by atoms with E-state index in [1.807, 2.05) is 0 Å². The molecule has 8 nitrogen and oxygen atoms in total. The molecule has 0 aliphatic carbocycles. The number of nitrogens with zero attached hydrogens (tertiary/aromatic N) is 2. The summed E-state index contributed by atoms with van der Waals surface area (Å²) in [5.41, 5.74) is 0.950. The third kappa shape index (κ3) is 5.73. The van der Waals surface area contributed by atoms with E-state index in [-0.39, 0.29) is 30.1 Å². The minimum atomic E-state index is -4.01. The van der Waals surface area contributed by atoms with Gasteiger partial charge in [-0.15, -0.1) is 0 Å². The van der Waals surface area contributed by atoms with Gasteiger partial charge in [0.05, 0.1) is 10.6 Å². The molecule has 2 amide bonds. The van der Waals surface area contributed by atoms with E-state index < -0.39 is 39.5 Å². The van der Waals surface area contributed by atoms with Gasteiger partial charge >= 0.3 is 6.09 Å². The summed E-state index contributed by atoms with van der Waals surface area (Å²) in [6.45, 7) is 6.13. The van der Waals surface area contributed by atoms with Crippen LogP contribution < -0.4 is 9.62 Å². The molecule has 1 saturated heterocycles. The maximum atomic E-state index is 15.2. The Hall–Kier alpha value is -3.21. The molecule has 3 aromatic rings. The number of nitrogens with one attached hydrogen (secondary N) is 1. The van der Waals surface area contributed by atoms with Crippen LogP contribution in [0.1, 0.15) is 38.3 Å². The lowest BCUT2D eigenvalue weighted by Crippen LogP contribution is -2.42. The fourth-order valence-electron chi connectivity index (χ4n) is 4.90. The summed E-state index contributed by atoms with van der Waals surface area (Å²) in [5, 5.41) is 2.03. The van der Waals surface area contributed by atoms with Crippen LogP contribution in [0.15, 0.2) is 53.4 Å². The van der Waals surface area contributed by atoms with Gasteiger partial charge in [0.15, 0.2) is 0 Å². The summed E-state index contributed by atoms with van der Waals surface area (Å²) in [6, 6.07) is 11.7. The third-order valence-electron chi connectivity index (χ3n) is 6.81. The first-order valence-corrected chi connectivity index (χ1v) is 14.5. The van der Waals surface area contributed by atoms with Crippen LogP contribution in [0.5, 0.6) is 0 Å². The van der Waals surface area contributed by atoms with E-state index in [0.717, 1.165) is 10.9 Å². The van der Waals surface area contributed by atoms with Crippen LogP contribution in [-0.2, 0) is 32.5 Å². The number of hydrogen-bond acceptors (Lipinski definition) is 5. The molecule has 1 atom stereocenters. The molecule has 0 bridgehead atoms. The molecule has 0 spiro atoms. The van der Waals surface area contributed by atoms with Crippen molar-refractivity contribution in [3.05, 3.63) is 70.5 Å². The number of fused-ring (bicyclic) bond motifs is 2. The Bertz CT molecular complexity index is 1590. The standard InChI is InChI=1S/C28H29ClFN3O5S/c1-28(2,3)38-27(35)32-10-8-19-15-25(23(30)14-20(19)16-32)33-11-9-24(26(33)34)31-39(36,37)22-7-5-17-12-21(29)6-4-18(17)13-22/h4-7,12-15,24,31H,8-11,16H2,1-3H3/t24-/m0/s1. The van der Waals surface area contributed by atoms with Crippen molar-refractivity contribution in [2.24, 2.45) is 0 Å². The number of rotatable bonds is 4. The highest BCUT2D eigenvalue weighted by molar-refractivity contribution is 7.89. The summed E-state index contributed by atoms with van der Waals surface area (Å²) in [6.07, 6.45) is 0.217. The van der Waals surface area contributed by atoms with Gasteiger partial charge in [-0.25, -0.2) is 17.6 Å². The van der Waals surface area contributed by atoms with Crippen molar-refractivity contribution >= 4 is 50.1 Å². The SMILES string of the molecule is CC(C)(C)OC(=O)N1CCc2cc(N3CC[C@H](NS(=O)(=O)c4ccc5cc(Cl)ccc5c4)C3=O)c(F)cc2C1. The molecule has 1 N–H and O–H groups in total. The van der Waals surface area contributed by atoms with Crippen molar-refractivity contribution in [2.45, 2.75) is 56.7 Å². The Morgan fingerprint density at radius 2 is 1.77 bits per heavy atom. The van der Waals surface area contributed by atoms with Gasteiger partial charge in [0, 0.05) is 24.7 Å². The molecule has 0 saturated carbocycles. The topological polar surface area (TPSA) is 96.0 Å². The zero-order valence-electron chi connectivity index (χ0n) is 21.8. The molecule has 0 radical (unpaired) electrons. The van der Waals surface area contributed by atoms with E-state index in [9.17, 15) is 18.0 Å². The van der Waals surface area contributed by atoms with E-state index in [0.29, 0.717) is 28.9 Å². The van der Waals surface area contributed by atoms with Gasteiger partial charge in [0.1, 0.15) is 17.5 Å². The molecule has 3 aromatic carbocycles. The normalized spacial score (nSPS) is 18.0. The monoisotopic (exact) mass is 573 g/mol. The first kappa shape index (κ1) is 27.4. The van der Waals surface area contributed by atoms with Gasteiger partial charge in [-0.1, -0.05) is 23.7 Å². The Balaban J connectivity index is 1.31. The molecule has 1 fully saturated rings. The maximum absolute atomic E-state index is 15.2. The van der Waals surface area contributed by atoms with E-state index in [2.05, 4.69) is 4.72 Å². The molecular weight excluding hydrogens is 545 g/mol. The minimum Gasteiger partial charge on any atom is -0.444 e. The largest absolute Gasteiger partial charge is 0.444 e. The van der Waals surface area contributed by atoms with Crippen molar-refractivity contribution in [3.63, 3.8) is 0 Å². The van der Waals surface area contributed by atoms with Crippen molar-refractivity contribution in [1.82, 2.24) is 9.62 Å². The number of hydrogen-bond donors (Lipinski definition) is 1. The molecule has 2 aliphatic rings. The van der Waals surface area contributed by atoms with Crippen molar-refractivity contribution in [2.75, 3.05) is 18.0 Å². The fourth-order valence-corrected chi connectivity index (χ4v) is 6.34. The van der Waals surface area contributed by atoms with Gasteiger partial charge in [0.25, 0.3) is 0 Å². The number of ether oxygens (including phenoxy) is 1. The van der Waals surface area contributed by atoms with Crippen LogP contribution in [0.3, 0.4) is 0 Å². The molecular formula is C28H29ClFN3O5S. The maximum Gasteiger partial charge on any atom is 0.410 e. The van der Waals surface area contributed by atoms with Crippen LogP contribution in [-0.4, -0.2) is 50.1 Å². The van der Waals surface area contributed by atoms with Gasteiger partial charge in [-0.05, 0) is 91.9 Å². The highest BCUT2D eigenvalue weighted by Crippen LogP contribution is 2.32. The molecule has 2 heterocycles. The Morgan fingerprint density at radius 1 is 1.05 bits per heavy atom. The fraction of sp³-hybridized carbons (Fsp3) is 0.357. The molecule has 2 aliphatic heterocycles. The van der Waals surface area contributed by atoms with E-state index >= 15 is 4.39 Å². The number of anilines is 1. The van der Waals surface area contributed by atoms with Crippen molar-refractivity contribution in [1.29, 1.82) is 0 Å². The molecule has 5 rings (SSSR count). The second kappa shape index (κ2) is 10.1. The first-order valence-electron chi connectivity index (χ1n) is 12.6. The smallest absolute Gasteiger partial charge is 0.410 e. The second-order valence-electron chi connectivity index (χ2n) is 10.8. The predicted molar refractivity (Wildman–Crippen MR) is 147 cm³/mol. The van der Waals surface area contributed by atoms with Crippen LogP contribution in [0.2, 0.25) is 5.02 Å². The van der Waals surface area contributed by atoms with Gasteiger partial charge < -0.3 is 14.5 Å².